The molecule has 1 aliphatic carbocycles. The molecule has 3 heterocycles. The van der Waals surface area contributed by atoms with Crippen LogP contribution in [0.25, 0.3) is 0 Å². The van der Waals surface area contributed by atoms with E-state index in [1.54, 1.807) is 41.6 Å². The van der Waals surface area contributed by atoms with E-state index in [1.807, 2.05) is 18.3 Å². The smallest absolute Gasteiger partial charge is 0.260 e. The minimum atomic E-state index is -0.336. The molecule has 6 nitrogen and oxygen atoms in total. The number of amides is 1. The molecular formula is C30H36FN5O. The van der Waals surface area contributed by atoms with Crippen molar-refractivity contribution in [3.8, 4) is 0 Å². The summed E-state index contributed by atoms with van der Waals surface area (Å²) in [5.41, 5.74) is 2.03. The van der Waals surface area contributed by atoms with E-state index in [9.17, 15) is 9.18 Å². The third kappa shape index (κ3) is 6.72. The van der Waals surface area contributed by atoms with E-state index in [2.05, 4.69) is 14.8 Å². The summed E-state index contributed by atoms with van der Waals surface area (Å²) in [6.07, 6.45) is 13.5. The van der Waals surface area contributed by atoms with Gasteiger partial charge in [0.2, 0.25) is 0 Å². The van der Waals surface area contributed by atoms with Crippen LogP contribution in [0.15, 0.2) is 67.1 Å². The number of hydrogen-bond acceptors (Lipinski definition) is 5. The van der Waals surface area contributed by atoms with E-state index in [-0.39, 0.29) is 11.7 Å². The van der Waals surface area contributed by atoms with Crippen LogP contribution in [0.2, 0.25) is 0 Å². The molecule has 1 aliphatic heterocycles. The van der Waals surface area contributed by atoms with Gasteiger partial charge in [0, 0.05) is 50.5 Å². The number of nitrogens with zero attached hydrogens (tertiary/aromatic N) is 5. The lowest BCUT2D eigenvalue weighted by Crippen LogP contribution is -2.47. The monoisotopic (exact) mass is 501 g/mol. The lowest BCUT2D eigenvalue weighted by Gasteiger charge is -2.36. The van der Waals surface area contributed by atoms with E-state index >= 15 is 0 Å². The summed E-state index contributed by atoms with van der Waals surface area (Å²) < 4.78 is 13.5. The van der Waals surface area contributed by atoms with Gasteiger partial charge in [-0.2, -0.15) is 0 Å². The standard InChI is InChI=1S/C30H36FN5O/c31-27-9-11-28(12-10-27)36(30(37)26-7-4-15-32-22-26)23-25-8-13-29(33-21-25)35-19-17-34(18-20-35)16-14-24-5-2-1-3-6-24/h4,7-13,15,21-22,24H,1-3,5-6,14,16-20,23H2. The number of piperazine rings is 1. The molecule has 0 radical (unpaired) electrons. The fraction of sp³-hybridized carbons (Fsp3) is 0.433. The third-order valence-electron chi connectivity index (χ3n) is 7.72. The molecule has 1 saturated carbocycles. The molecule has 0 atom stereocenters. The van der Waals surface area contributed by atoms with Crippen molar-refractivity contribution in [2.24, 2.45) is 5.92 Å². The molecule has 1 saturated heterocycles. The highest BCUT2D eigenvalue weighted by Crippen LogP contribution is 2.27. The predicted molar refractivity (Wildman–Crippen MR) is 145 cm³/mol. The minimum Gasteiger partial charge on any atom is -0.354 e. The first-order chi connectivity index (χ1) is 18.2. The van der Waals surface area contributed by atoms with Crippen molar-refractivity contribution in [3.05, 3.63) is 84.1 Å². The van der Waals surface area contributed by atoms with Crippen LogP contribution in [0.5, 0.6) is 0 Å². The van der Waals surface area contributed by atoms with Crippen LogP contribution in [0.3, 0.4) is 0 Å². The van der Waals surface area contributed by atoms with Gasteiger partial charge in [0.05, 0.1) is 12.1 Å². The lowest BCUT2D eigenvalue weighted by molar-refractivity contribution is 0.0984. The van der Waals surface area contributed by atoms with Crippen LogP contribution >= 0.6 is 0 Å². The minimum absolute atomic E-state index is 0.187. The van der Waals surface area contributed by atoms with Crippen molar-refractivity contribution in [1.82, 2.24) is 14.9 Å². The molecule has 194 valence electrons. The normalized spacial score (nSPS) is 17.1. The molecule has 0 N–H and O–H groups in total. The van der Waals surface area contributed by atoms with Crippen LogP contribution in [-0.4, -0.2) is 53.5 Å². The number of pyridine rings is 2. The van der Waals surface area contributed by atoms with Crippen molar-refractivity contribution in [2.75, 3.05) is 42.5 Å². The summed E-state index contributed by atoms with van der Waals surface area (Å²) in [7, 11) is 0. The van der Waals surface area contributed by atoms with Gasteiger partial charge in [-0.1, -0.05) is 38.2 Å². The van der Waals surface area contributed by atoms with E-state index in [1.165, 1.54) is 57.2 Å². The topological polar surface area (TPSA) is 52.6 Å². The van der Waals surface area contributed by atoms with Crippen LogP contribution in [0.1, 0.15) is 54.4 Å². The zero-order valence-electron chi connectivity index (χ0n) is 21.4. The second-order valence-corrected chi connectivity index (χ2v) is 10.3. The molecule has 3 aromatic rings. The van der Waals surface area contributed by atoms with Gasteiger partial charge in [0.15, 0.2) is 0 Å². The highest BCUT2D eigenvalue weighted by atomic mass is 19.1. The van der Waals surface area contributed by atoms with Gasteiger partial charge in [-0.05, 0) is 66.9 Å². The Bertz CT molecular complexity index is 1120. The molecule has 2 aromatic heterocycles. The average molecular weight is 502 g/mol. The van der Waals surface area contributed by atoms with Crippen molar-refractivity contribution in [1.29, 1.82) is 0 Å². The number of rotatable bonds is 8. The molecule has 2 aliphatic rings. The third-order valence-corrected chi connectivity index (χ3v) is 7.72. The van der Waals surface area contributed by atoms with E-state index < -0.39 is 0 Å². The summed E-state index contributed by atoms with van der Waals surface area (Å²) in [5, 5.41) is 0. The maximum absolute atomic E-state index is 13.5. The first-order valence-electron chi connectivity index (χ1n) is 13.6. The first kappa shape index (κ1) is 25.3. The Labute approximate surface area is 219 Å². The summed E-state index contributed by atoms with van der Waals surface area (Å²) in [6.45, 7) is 5.68. The van der Waals surface area contributed by atoms with Gasteiger partial charge in [-0.15, -0.1) is 0 Å². The Hall–Kier alpha value is -3.32. The molecule has 37 heavy (non-hydrogen) atoms. The fourth-order valence-corrected chi connectivity index (χ4v) is 5.47. The van der Waals surface area contributed by atoms with Crippen LogP contribution in [0.4, 0.5) is 15.9 Å². The Kier molecular flexibility index (Phi) is 8.41. The number of benzene rings is 1. The number of aromatic nitrogens is 2. The van der Waals surface area contributed by atoms with Crippen LogP contribution < -0.4 is 9.80 Å². The number of hydrogen-bond donors (Lipinski definition) is 0. The Morgan fingerprint density at radius 1 is 0.946 bits per heavy atom. The Morgan fingerprint density at radius 3 is 2.41 bits per heavy atom. The summed E-state index contributed by atoms with van der Waals surface area (Å²) >= 11 is 0. The van der Waals surface area contributed by atoms with Crippen molar-refractivity contribution in [3.63, 3.8) is 0 Å². The quantitative estimate of drug-likeness (QED) is 0.405. The second-order valence-electron chi connectivity index (χ2n) is 10.3. The van der Waals surface area contributed by atoms with Gasteiger partial charge in [0.1, 0.15) is 11.6 Å². The van der Waals surface area contributed by atoms with E-state index in [4.69, 9.17) is 4.98 Å². The zero-order valence-corrected chi connectivity index (χ0v) is 21.4. The number of carbonyl (C=O) groups excluding carboxylic acids is 1. The number of anilines is 2. The lowest BCUT2D eigenvalue weighted by atomic mass is 9.87. The second kappa shape index (κ2) is 12.3. The highest BCUT2D eigenvalue weighted by molar-refractivity contribution is 6.05. The molecule has 1 aromatic carbocycles. The molecule has 1 amide bonds. The molecule has 2 fully saturated rings. The first-order valence-corrected chi connectivity index (χ1v) is 13.6. The van der Waals surface area contributed by atoms with E-state index in [0.717, 1.165) is 43.5 Å². The van der Waals surface area contributed by atoms with Crippen molar-refractivity contribution >= 4 is 17.4 Å². The van der Waals surface area contributed by atoms with Gasteiger partial charge in [-0.25, -0.2) is 9.37 Å². The maximum atomic E-state index is 13.5. The SMILES string of the molecule is O=C(c1cccnc1)N(Cc1ccc(N2CCN(CCC3CCCCC3)CC2)nc1)c1ccc(F)cc1. The summed E-state index contributed by atoms with van der Waals surface area (Å²) in [4.78, 5) is 28.7. The predicted octanol–water partition coefficient (Wildman–Crippen LogP) is 5.56. The van der Waals surface area contributed by atoms with Gasteiger partial charge >= 0.3 is 0 Å². The number of carbonyl (C=O) groups is 1. The van der Waals surface area contributed by atoms with E-state index in [0.29, 0.717) is 17.8 Å². The number of halogens is 1. The average Bonchev–Trinajstić information content (AvgIpc) is 2.97. The maximum Gasteiger partial charge on any atom is 0.260 e. The zero-order chi connectivity index (χ0) is 25.5. The molecule has 0 spiro atoms. The van der Waals surface area contributed by atoms with Crippen molar-refractivity contribution < 1.29 is 9.18 Å². The fourth-order valence-electron chi connectivity index (χ4n) is 5.47. The Balaban J connectivity index is 1.19. The molecule has 7 heteroatoms. The van der Waals surface area contributed by atoms with Crippen molar-refractivity contribution in [2.45, 2.75) is 45.1 Å². The Morgan fingerprint density at radius 2 is 1.73 bits per heavy atom. The summed E-state index contributed by atoms with van der Waals surface area (Å²) in [6, 6.07) is 13.5. The molecular weight excluding hydrogens is 465 g/mol. The molecule has 0 bridgehead atoms. The highest BCUT2D eigenvalue weighted by Gasteiger charge is 2.22. The van der Waals surface area contributed by atoms with Crippen LogP contribution in [0, 0.1) is 11.7 Å². The van der Waals surface area contributed by atoms with Gasteiger partial charge in [-0.3, -0.25) is 14.7 Å². The summed E-state index contributed by atoms with van der Waals surface area (Å²) in [5.74, 6) is 1.38. The van der Waals surface area contributed by atoms with Gasteiger partial charge in [0.25, 0.3) is 5.91 Å². The molecule has 5 rings (SSSR count). The van der Waals surface area contributed by atoms with Crippen LogP contribution in [-0.2, 0) is 6.54 Å². The van der Waals surface area contributed by atoms with Gasteiger partial charge < -0.3 is 9.80 Å². The molecule has 0 unspecified atom stereocenters. The largest absolute Gasteiger partial charge is 0.354 e.